The topological polar surface area (TPSA) is 87.4 Å². The first-order valence-corrected chi connectivity index (χ1v) is 6.70. The van der Waals surface area contributed by atoms with Crippen LogP contribution in [-0.4, -0.2) is 29.5 Å². The first-order valence-electron chi connectivity index (χ1n) is 5.91. The van der Waals surface area contributed by atoms with E-state index in [0.29, 0.717) is 22.1 Å². The minimum Gasteiger partial charge on any atom is -0.383 e. The summed E-state index contributed by atoms with van der Waals surface area (Å²) < 4.78 is 3.84. The van der Waals surface area contributed by atoms with Gasteiger partial charge >= 0.3 is 0 Å². The van der Waals surface area contributed by atoms with Gasteiger partial charge in [0.1, 0.15) is 10.3 Å². The van der Waals surface area contributed by atoms with Gasteiger partial charge in [-0.05, 0) is 40.9 Å². The number of halogens is 1. The van der Waals surface area contributed by atoms with E-state index in [9.17, 15) is 0 Å². The molecule has 0 saturated carbocycles. The molecule has 0 unspecified atom stereocenters. The van der Waals surface area contributed by atoms with Crippen LogP contribution in [0.4, 0.5) is 5.82 Å². The number of hydrogen-bond donors (Lipinski definition) is 1. The molecule has 0 aliphatic carbocycles. The lowest BCUT2D eigenvalue weighted by Crippen LogP contribution is -2.10. The number of anilines is 1. The molecule has 3 aromatic heterocycles. The van der Waals surface area contributed by atoms with Gasteiger partial charge in [-0.15, -0.1) is 0 Å². The van der Waals surface area contributed by atoms with Gasteiger partial charge in [-0.3, -0.25) is 0 Å². The fraction of sp³-hybridized carbons (Fsp3) is 0.167. The molecule has 0 aliphatic rings. The fourth-order valence-corrected chi connectivity index (χ4v) is 2.10. The quantitative estimate of drug-likeness (QED) is 0.772. The monoisotopic (exact) mass is 333 g/mol. The van der Waals surface area contributed by atoms with Gasteiger partial charge in [-0.1, -0.05) is 0 Å². The second-order valence-electron chi connectivity index (χ2n) is 4.47. The Kier molecular flexibility index (Phi) is 3.01. The maximum Gasteiger partial charge on any atom is 0.254 e. The molecular weight excluding hydrogens is 322 g/mol. The molecule has 7 nitrogen and oxygen atoms in total. The second-order valence-corrected chi connectivity index (χ2v) is 5.26. The zero-order valence-electron chi connectivity index (χ0n) is 10.9. The van der Waals surface area contributed by atoms with Gasteiger partial charge in [0.25, 0.3) is 5.95 Å². The van der Waals surface area contributed by atoms with Crippen LogP contribution >= 0.6 is 15.9 Å². The maximum absolute atomic E-state index is 5.93. The summed E-state index contributed by atoms with van der Waals surface area (Å²) in [5, 5.41) is 8.43. The minimum atomic E-state index is 0.339. The number of rotatable bonds is 2. The van der Waals surface area contributed by atoms with E-state index < -0.39 is 0 Å². The van der Waals surface area contributed by atoms with Crippen molar-refractivity contribution >= 4 is 21.7 Å². The zero-order chi connectivity index (χ0) is 14.3. The van der Waals surface area contributed by atoms with Crippen molar-refractivity contribution in [3.05, 3.63) is 40.4 Å². The van der Waals surface area contributed by atoms with Gasteiger partial charge in [0.15, 0.2) is 5.82 Å². The van der Waals surface area contributed by atoms with Crippen molar-refractivity contribution in [3.8, 4) is 11.8 Å². The third-order valence-corrected chi connectivity index (χ3v) is 3.45. The summed E-state index contributed by atoms with van der Waals surface area (Å²) in [6, 6.07) is 0. The highest BCUT2D eigenvalue weighted by atomic mass is 79.9. The lowest BCUT2D eigenvalue weighted by atomic mass is 10.4. The van der Waals surface area contributed by atoms with Gasteiger partial charge in [0.2, 0.25) is 0 Å². The average Bonchev–Trinajstić information content (AvgIpc) is 3.01. The molecule has 102 valence electrons. The lowest BCUT2D eigenvalue weighted by molar-refractivity contribution is 0.773. The molecule has 0 saturated heterocycles. The van der Waals surface area contributed by atoms with E-state index in [0.717, 1.165) is 11.1 Å². The van der Waals surface area contributed by atoms with Gasteiger partial charge in [0.05, 0.1) is 12.4 Å². The van der Waals surface area contributed by atoms with E-state index in [1.54, 1.807) is 21.8 Å². The van der Waals surface area contributed by atoms with Crippen molar-refractivity contribution in [2.24, 2.45) is 0 Å². The lowest BCUT2D eigenvalue weighted by Gasteiger charge is -2.08. The van der Waals surface area contributed by atoms with Crippen LogP contribution in [0.5, 0.6) is 0 Å². The number of nitrogens with zero attached hydrogens (tertiary/aromatic N) is 6. The molecule has 0 spiro atoms. The summed E-state index contributed by atoms with van der Waals surface area (Å²) in [5.41, 5.74) is 7.98. The normalized spacial score (nSPS) is 10.9. The Morgan fingerprint density at radius 2 is 1.60 bits per heavy atom. The van der Waals surface area contributed by atoms with Crippen molar-refractivity contribution in [1.29, 1.82) is 0 Å². The molecular formula is C12H12BrN7. The van der Waals surface area contributed by atoms with E-state index >= 15 is 0 Å². The third-order valence-electron chi connectivity index (χ3n) is 2.69. The van der Waals surface area contributed by atoms with E-state index in [1.807, 2.05) is 26.2 Å². The maximum atomic E-state index is 5.93. The number of hydrogen-bond acceptors (Lipinski definition) is 5. The van der Waals surface area contributed by atoms with Gasteiger partial charge in [0, 0.05) is 12.4 Å². The van der Waals surface area contributed by atoms with Crippen LogP contribution in [0.3, 0.4) is 0 Å². The van der Waals surface area contributed by atoms with E-state index in [4.69, 9.17) is 5.73 Å². The Labute approximate surface area is 123 Å². The summed E-state index contributed by atoms with van der Waals surface area (Å²) in [4.78, 5) is 8.69. The Bertz CT molecular complexity index is 774. The average molecular weight is 334 g/mol. The molecule has 0 radical (unpaired) electrons. The minimum absolute atomic E-state index is 0.339. The van der Waals surface area contributed by atoms with Gasteiger partial charge in [-0.2, -0.15) is 20.2 Å². The number of aryl methyl sites for hydroxylation is 2. The number of aromatic nitrogens is 6. The molecule has 8 heteroatoms. The van der Waals surface area contributed by atoms with Crippen LogP contribution in [0.25, 0.3) is 11.8 Å². The molecule has 3 aromatic rings. The first-order chi connectivity index (χ1) is 9.54. The van der Waals surface area contributed by atoms with Crippen LogP contribution in [0.15, 0.2) is 29.3 Å². The standard InChI is InChI=1S/C12H12BrN7/c1-7-3-15-19(5-7)11-9(13)10(14)17-12(18-11)20-6-8(2)4-16-20/h3-6H,1-2H3,(H2,14,17,18). The molecule has 0 fully saturated rings. The van der Waals surface area contributed by atoms with E-state index in [-0.39, 0.29) is 0 Å². The molecule has 3 heterocycles. The van der Waals surface area contributed by atoms with Crippen molar-refractivity contribution in [3.63, 3.8) is 0 Å². The first kappa shape index (κ1) is 12.8. The SMILES string of the molecule is Cc1cnn(-c2nc(N)c(Br)c(-n3cc(C)cn3)n2)c1. The number of nitrogens with two attached hydrogens (primary N) is 1. The van der Waals surface area contributed by atoms with Gasteiger partial charge in [-0.25, -0.2) is 9.36 Å². The van der Waals surface area contributed by atoms with Crippen molar-refractivity contribution in [2.45, 2.75) is 13.8 Å². The summed E-state index contributed by atoms with van der Waals surface area (Å²) in [6.45, 7) is 3.91. The zero-order valence-corrected chi connectivity index (χ0v) is 12.5. The summed E-state index contributed by atoms with van der Waals surface area (Å²) in [6.07, 6.45) is 7.19. The molecule has 0 atom stereocenters. The Morgan fingerprint density at radius 1 is 1.00 bits per heavy atom. The Balaban J connectivity index is 2.17. The number of nitrogen functional groups attached to an aromatic ring is 1. The van der Waals surface area contributed by atoms with Crippen molar-refractivity contribution in [1.82, 2.24) is 29.5 Å². The molecule has 20 heavy (non-hydrogen) atoms. The highest BCUT2D eigenvalue weighted by Crippen LogP contribution is 2.25. The van der Waals surface area contributed by atoms with Crippen LogP contribution in [0, 0.1) is 13.8 Å². The Hall–Kier alpha value is -2.22. The summed E-state index contributed by atoms with van der Waals surface area (Å²) >= 11 is 3.40. The van der Waals surface area contributed by atoms with Crippen LogP contribution in [0.2, 0.25) is 0 Å². The molecule has 0 aliphatic heterocycles. The van der Waals surface area contributed by atoms with Crippen LogP contribution < -0.4 is 5.73 Å². The highest BCUT2D eigenvalue weighted by Gasteiger charge is 2.14. The molecule has 0 amide bonds. The predicted molar refractivity (Wildman–Crippen MR) is 77.9 cm³/mol. The predicted octanol–water partition coefficient (Wildman–Crippen LogP) is 1.81. The molecule has 0 aromatic carbocycles. The molecule has 0 bridgehead atoms. The largest absolute Gasteiger partial charge is 0.383 e. The fourth-order valence-electron chi connectivity index (χ4n) is 1.75. The molecule has 3 rings (SSSR count). The van der Waals surface area contributed by atoms with E-state index in [2.05, 4.69) is 36.1 Å². The van der Waals surface area contributed by atoms with Crippen LogP contribution in [-0.2, 0) is 0 Å². The Morgan fingerprint density at radius 3 is 2.15 bits per heavy atom. The van der Waals surface area contributed by atoms with Crippen LogP contribution in [0.1, 0.15) is 11.1 Å². The third kappa shape index (κ3) is 2.18. The van der Waals surface area contributed by atoms with Gasteiger partial charge < -0.3 is 5.73 Å². The summed E-state index contributed by atoms with van der Waals surface area (Å²) in [5.74, 6) is 1.32. The highest BCUT2D eigenvalue weighted by molar-refractivity contribution is 9.10. The molecule has 2 N–H and O–H groups in total. The smallest absolute Gasteiger partial charge is 0.254 e. The second kappa shape index (κ2) is 4.71. The van der Waals surface area contributed by atoms with E-state index in [1.165, 1.54) is 0 Å². The van der Waals surface area contributed by atoms with Crippen molar-refractivity contribution in [2.75, 3.05) is 5.73 Å². The summed E-state index contributed by atoms with van der Waals surface area (Å²) in [7, 11) is 0. The van der Waals surface area contributed by atoms with Crippen molar-refractivity contribution < 1.29 is 0 Å².